The molecule has 2 unspecified atom stereocenters. The van der Waals surface area contributed by atoms with Crippen LogP contribution >= 0.6 is 0 Å². The molecule has 0 heterocycles. The molecule has 19 heteroatoms. The van der Waals surface area contributed by atoms with Gasteiger partial charge in [0, 0.05) is 27.5 Å². The highest BCUT2D eigenvalue weighted by molar-refractivity contribution is 5.92. The summed E-state index contributed by atoms with van der Waals surface area (Å²) in [7, 11) is 0. The minimum Gasteiger partial charge on any atom is -0.508 e. The monoisotopic (exact) mass is 710 g/mol. The third-order valence-corrected chi connectivity index (χ3v) is 7.44. The normalized spacial score (nSPS) is 15.9. The van der Waals surface area contributed by atoms with Crippen molar-refractivity contribution in [3.63, 3.8) is 0 Å². The minimum absolute atomic E-state index is 0.0295. The average molecular weight is 710 g/mol. The lowest BCUT2D eigenvalue weighted by molar-refractivity contribution is -0.376. The van der Waals surface area contributed by atoms with Gasteiger partial charge in [-0.15, -0.1) is 0 Å². The summed E-state index contributed by atoms with van der Waals surface area (Å²) in [6, 6.07) is 7.47. The average Bonchev–Trinajstić information content (AvgIpc) is 2.91. The molecule has 4 rings (SSSR count). The Kier molecular flexibility index (Phi) is 9.25. The largest absolute Gasteiger partial charge is 0.508 e. The quantitative estimate of drug-likeness (QED) is 0.110. The summed E-state index contributed by atoms with van der Waals surface area (Å²) < 4.78 is 155. The number of phenolic OH excluding ortho intramolecular Hbond substituents is 4. The molecule has 7 N–H and O–H groups in total. The Morgan fingerprint density at radius 2 is 0.833 bits per heavy atom. The van der Waals surface area contributed by atoms with E-state index in [1.807, 2.05) is 0 Å². The van der Waals surface area contributed by atoms with Gasteiger partial charge in [-0.3, -0.25) is 0 Å². The highest BCUT2D eigenvalue weighted by Gasteiger charge is 2.72. The lowest BCUT2D eigenvalue weighted by Crippen LogP contribution is -2.53. The highest BCUT2D eigenvalue weighted by atomic mass is 19.4. The van der Waals surface area contributed by atoms with Crippen molar-refractivity contribution in [2.45, 2.75) is 55.4 Å². The van der Waals surface area contributed by atoms with Gasteiger partial charge in [0.2, 0.25) is 0 Å². The fourth-order valence-electron chi connectivity index (χ4n) is 4.49. The van der Waals surface area contributed by atoms with Crippen LogP contribution in [0.2, 0.25) is 0 Å². The SMILES string of the molecule is CC(O)(c1cc2ccc(C(O)(C(F)(F)F)C(F)(F)F)c(O)c2cc1O)C(F)(F)F.CC(O)(c1cc2cccc(O)c2cc1O)C(F)(F)F. The Morgan fingerprint density at radius 1 is 0.438 bits per heavy atom. The molecular weight excluding hydrogens is 688 g/mol. The number of benzene rings is 4. The lowest BCUT2D eigenvalue weighted by atomic mass is 9.87. The van der Waals surface area contributed by atoms with Gasteiger partial charge < -0.3 is 35.7 Å². The number of rotatable bonds is 3. The number of aliphatic hydroxyl groups is 3. The van der Waals surface area contributed by atoms with Crippen molar-refractivity contribution in [3.05, 3.63) is 71.3 Å². The molecule has 0 bridgehead atoms. The maximum atomic E-state index is 13.0. The molecule has 0 spiro atoms. The van der Waals surface area contributed by atoms with Crippen molar-refractivity contribution in [2.24, 2.45) is 0 Å². The second-order valence-corrected chi connectivity index (χ2v) is 10.8. The third-order valence-electron chi connectivity index (χ3n) is 7.44. The van der Waals surface area contributed by atoms with E-state index in [1.54, 1.807) is 0 Å². The van der Waals surface area contributed by atoms with E-state index >= 15 is 0 Å². The predicted octanol–water partition coefficient (Wildman–Crippen LogP) is 7.35. The summed E-state index contributed by atoms with van der Waals surface area (Å²) in [6.45, 7) is 0.824. The number of aromatic hydroxyl groups is 4. The molecule has 4 aromatic rings. The number of phenols is 4. The van der Waals surface area contributed by atoms with Crippen molar-refractivity contribution in [1.82, 2.24) is 0 Å². The molecule has 0 aliphatic carbocycles. The van der Waals surface area contributed by atoms with Crippen LogP contribution in [0, 0.1) is 0 Å². The summed E-state index contributed by atoms with van der Waals surface area (Å²) in [6.07, 6.45) is -22.9. The van der Waals surface area contributed by atoms with Crippen LogP contribution in [0.4, 0.5) is 52.7 Å². The van der Waals surface area contributed by atoms with Gasteiger partial charge in [-0.2, -0.15) is 52.7 Å². The summed E-state index contributed by atoms with van der Waals surface area (Å²) in [4.78, 5) is 0. The number of halogens is 12. The Balaban J connectivity index is 0.000000284. The zero-order valence-electron chi connectivity index (χ0n) is 23.9. The molecule has 0 aromatic heterocycles. The summed E-state index contributed by atoms with van der Waals surface area (Å²) in [5.41, 5.74) is -16.1. The van der Waals surface area contributed by atoms with Crippen LogP contribution in [-0.4, -0.2) is 60.5 Å². The molecule has 0 aliphatic heterocycles. The van der Waals surface area contributed by atoms with Gasteiger partial charge in [-0.1, -0.05) is 24.3 Å². The van der Waals surface area contributed by atoms with Crippen LogP contribution < -0.4 is 0 Å². The molecule has 2 atom stereocenters. The molecule has 0 amide bonds. The van der Waals surface area contributed by atoms with Gasteiger partial charge in [-0.05, 0) is 55.0 Å². The molecule has 0 saturated heterocycles. The number of hydrogen-bond acceptors (Lipinski definition) is 7. The fraction of sp³-hybridized carbons (Fsp3) is 0.310. The molecule has 0 aliphatic rings. The van der Waals surface area contributed by atoms with Crippen molar-refractivity contribution in [3.8, 4) is 23.0 Å². The van der Waals surface area contributed by atoms with E-state index < -0.39 is 86.2 Å². The van der Waals surface area contributed by atoms with Crippen molar-refractivity contribution in [1.29, 1.82) is 0 Å². The molecule has 0 radical (unpaired) electrons. The standard InChI is InChI=1S/C16H11F9O4.C13H11F3O3/c1-12(28,14(17,18)19)9-4-6-2-3-8(11(27)7(6)5-10(9)26)13(29,15(20,21)22)16(23,24)25;1-12(19,13(14,15)16)9-5-7-3-2-4-10(17)8(7)6-11(9)18/h2-5,26-29H,1H3;2-6,17-19H,1H3. The van der Waals surface area contributed by atoms with E-state index in [-0.39, 0.29) is 35.6 Å². The maximum absolute atomic E-state index is 13.0. The Bertz CT molecular complexity index is 1830. The first-order valence-corrected chi connectivity index (χ1v) is 12.8. The maximum Gasteiger partial charge on any atom is 0.430 e. The number of fused-ring (bicyclic) bond motifs is 2. The number of alkyl halides is 12. The van der Waals surface area contributed by atoms with E-state index in [1.165, 1.54) is 18.2 Å². The summed E-state index contributed by atoms with van der Waals surface area (Å²) in [5.74, 6) is -4.02. The molecule has 0 fully saturated rings. The van der Waals surface area contributed by atoms with Crippen LogP contribution in [0.1, 0.15) is 30.5 Å². The third kappa shape index (κ3) is 6.28. The minimum atomic E-state index is -6.32. The number of hydrogen-bond donors (Lipinski definition) is 7. The fourth-order valence-corrected chi connectivity index (χ4v) is 4.49. The molecule has 264 valence electrons. The van der Waals surface area contributed by atoms with Gasteiger partial charge in [0.1, 0.15) is 23.0 Å². The smallest absolute Gasteiger partial charge is 0.430 e. The van der Waals surface area contributed by atoms with E-state index in [0.717, 1.165) is 12.1 Å². The molecule has 7 nitrogen and oxygen atoms in total. The van der Waals surface area contributed by atoms with Crippen LogP contribution in [0.3, 0.4) is 0 Å². The molecule has 4 aromatic carbocycles. The molecule has 48 heavy (non-hydrogen) atoms. The van der Waals surface area contributed by atoms with Gasteiger partial charge in [0.25, 0.3) is 5.60 Å². The Morgan fingerprint density at radius 3 is 1.23 bits per heavy atom. The first-order valence-electron chi connectivity index (χ1n) is 12.8. The topological polar surface area (TPSA) is 142 Å². The van der Waals surface area contributed by atoms with Crippen molar-refractivity contribution < 1.29 is 88.4 Å². The van der Waals surface area contributed by atoms with Crippen LogP contribution in [-0.2, 0) is 16.8 Å². The first-order chi connectivity index (χ1) is 21.4. The van der Waals surface area contributed by atoms with E-state index in [0.29, 0.717) is 19.1 Å². The Hall–Kier alpha value is -4.36. The Labute approximate surface area is 260 Å². The lowest BCUT2D eigenvalue weighted by Gasteiger charge is -2.33. The van der Waals surface area contributed by atoms with Crippen LogP contribution in [0.15, 0.2) is 54.6 Å². The van der Waals surface area contributed by atoms with Crippen molar-refractivity contribution in [2.75, 3.05) is 0 Å². The van der Waals surface area contributed by atoms with Crippen LogP contribution in [0.5, 0.6) is 23.0 Å². The first kappa shape index (κ1) is 38.1. The highest BCUT2D eigenvalue weighted by Crippen LogP contribution is 2.54. The zero-order chi connectivity index (χ0) is 37.2. The van der Waals surface area contributed by atoms with Crippen LogP contribution in [0.25, 0.3) is 21.5 Å². The van der Waals surface area contributed by atoms with E-state index in [9.17, 15) is 88.4 Å². The zero-order valence-corrected chi connectivity index (χ0v) is 23.9. The summed E-state index contributed by atoms with van der Waals surface area (Å²) >= 11 is 0. The molecular formula is C29H22F12O7. The van der Waals surface area contributed by atoms with E-state index in [2.05, 4.69) is 0 Å². The second-order valence-electron chi connectivity index (χ2n) is 10.8. The predicted molar refractivity (Wildman–Crippen MR) is 142 cm³/mol. The van der Waals surface area contributed by atoms with E-state index in [4.69, 9.17) is 0 Å². The summed E-state index contributed by atoms with van der Waals surface area (Å²) in [5, 5.41) is 66.6. The van der Waals surface area contributed by atoms with Gasteiger partial charge in [-0.25, -0.2) is 0 Å². The van der Waals surface area contributed by atoms with Gasteiger partial charge >= 0.3 is 24.7 Å². The second kappa shape index (κ2) is 11.7. The van der Waals surface area contributed by atoms with Gasteiger partial charge in [0.15, 0.2) is 11.2 Å². The van der Waals surface area contributed by atoms with Gasteiger partial charge in [0.05, 0.1) is 0 Å². The van der Waals surface area contributed by atoms with Crippen molar-refractivity contribution >= 4 is 21.5 Å². The molecule has 0 saturated carbocycles.